The number of rotatable bonds is 10. The van der Waals surface area contributed by atoms with Crippen molar-refractivity contribution in [3.63, 3.8) is 0 Å². The molecule has 0 heterocycles. The van der Waals surface area contributed by atoms with E-state index in [0.717, 1.165) is 44.1 Å². The highest BCUT2D eigenvalue weighted by Gasteiger charge is 2.25. The zero-order valence-corrected chi connectivity index (χ0v) is 12.7. The Bertz CT molecular complexity index is 455. The van der Waals surface area contributed by atoms with Gasteiger partial charge in [0, 0.05) is 6.42 Å². The lowest BCUT2D eigenvalue weighted by Crippen LogP contribution is -2.06. The molecule has 0 bridgehead atoms. The zero-order chi connectivity index (χ0) is 16.4. The summed E-state index contributed by atoms with van der Waals surface area (Å²) in [6.45, 7) is 0. The molecule has 22 heavy (non-hydrogen) atoms. The molecule has 0 aromatic heterocycles. The number of benzene rings is 1. The van der Waals surface area contributed by atoms with Crippen LogP contribution in [0.5, 0.6) is 0 Å². The van der Waals surface area contributed by atoms with E-state index in [9.17, 15) is 18.0 Å². The van der Waals surface area contributed by atoms with Gasteiger partial charge in [0.05, 0.1) is 5.56 Å². The van der Waals surface area contributed by atoms with Gasteiger partial charge in [0.1, 0.15) is 0 Å². The van der Waals surface area contributed by atoms with Crippen LogP contribution < -0.4 is 0 Å². The molecule has 1 aromatic carbocycles. The second kappa shape index (κ2) is 9.49. The number of unbranched alkanes of at least 4 members (excludes halogenated alkanes) is 6. The minimum Gasteiger partial charge on any atom is -0.478 e. The van der Waals surface area contributed by atoms with E-state index < -0.39 is 18.6 Å². The largest absolute Gasteiger partial charge is 0.478 e. The first kappa shape index (κ1) is 18.5. The fourth-order valence-corrected chi connectivity index (χ4v) is 2.47. The van der Waals surface area contributed by atoms with Crippen LogP contribution in [0.2, 0.25) is 0 Å². The molecule has 124 valence electrons. The monoisotopic (exact) mass is 316 g/mol. The quantitative estimate of drug-likeness (QED) is 0.570. The van der Waals surface area contributed by atoms with Crippen LogP contribution in [-0.4, -0.2) is 17.3 Å². The van der Waals surface area contributed by atoms with Crippen molar-refractivity contribution >= 4 is 5.97 Å². The Morgan fingerprint density at radius 2 is 1.45 bits per heavy atom. The smallest absolute Gasteiger partial charge is 0.389 e. The summed E-state index contributed by atoms with van der Waals surface area (Å²) in [5.41, 5.74) is 1.20. The van der Waals surface area contributed by atoms with Crippen LogP contribution in [0.4, 0.5) is 13.2 Å². The van der Waals surface area contributed by atoms with Crippen LogP contribution in [0, 0.1) is 0 Å². The maximum absolute atomic E-state index is 11.9. The van der Waals surface area contributed by atoms with E-state index in [4.69, 9.17) is 5.11 Å². The van der Waals surface area contributed by atoms with Crippen LogP contribution in [-0.2, 0) is 6.42 Å². The summed E-state index contributed by atoms with van der Waals surface area (Å²) in [5, 5.41) is 9.07. The van der Waals surface area contributed by atoms with Gasteiger partial charge in [-0.1, -0.05) is 50.3 Å². The molecule has 0 aliphatic carbocycles. The average molecular weight is 316 g/mol. The summed E-state index contributed by atoms with van der Waals surface area (Å²) in [5.74, 6) is -0.903. The van der Waals surface area contributed by atoms with Gasteiger partial charge in [0.2, 0.25) is 0 Å². The Morgan fingerprint density at radius 1 is 0.909 bits per heavy atom. The Balaban J connectivity index is 2.08. The minimum absolute atomic E-state index is 0.218. The lowest BCUT2D eigenvalue weighted by atomic mass is 10.0. The van der Waals surface area contributed by atoms with E-state index in [1.54, 1.807) is 12.1 Å². The molecule has 1 rings (SSSR count). The van der Waals surface area contributed by atoms with Crippen LogP contribution >= 0.6 is 0 Å². The summed E-state index contributed by atoms with van der Waals surface area (Å²) >= 11 is 0. The Hall–Kier alpha value is -1.52. The van der Waals surface area contributed by atoms with Crippen LogP contribution in [0.25, 0.3) is 0 Å². The minimum atomic E-state index is -4.03. The van der Waals surface area contributed by atoms with Gasteiger partial charge in [-0.3, -0.25) is 0 Å². The van der Waals surface area contributed by atoms with Gasteiger partial charge in [-0.05, 0) is 30.9 Å². The fourth-order valence-electron chi connectivity index (χ4n) is 2.47. The van der Waals surface area contributed by atoms with Crippen molar-refractivity contribution in [1.82, 2.24) is 0 Å². The van der Waals surface area contributed by atoms with E-state index in [-0.39, 0.29) is 6.42 Å². The van der Waals surface area contributed by atoms with Gasteiger partial charge >= 0.3 is 12.1 Å². The molecule has 1 N–H and O–H groups in total. The van der Waals surface area contributed by atoms with Gasteiger partial charge in [-0.15, -0.1) is 0 Å². The summed E-state index contributed by atoms with van der Waals surface area (Å²) in [7, 11) is 0. The highest BCUT2D eigenvalue weighted by Crippen LogP contribution is 2.23. The molecule has 0 saturated carbocycles. The number of carbonyl (C=O) groups is 1. The molecule has 0 aliphatic heterocycles. The number of alkyl halides is 3. The number of aromatic carboxylic acids is 1. The Morgan fingerprint density at radius 3 is 2.05 bits per heavy atom. The molecule has 0 fully saturated rings. The van der Waals surface area contributed by atoms with Crippen LogP contribution in [0.3, 0.4) is 0 Å². The Kier molecular flexibility index (Phi) is 7.99. The van der Waals surface area contributed by atoms with Crippen molar-refractivity contribution in [3.8, 4) is 0 Å². The summed E-state index contributed by atoms with van der Waals surface area (Å²) in [4.78, 5) is 11.0. The molecule has 5 heteroatoms. The molecular weight excluding hydrogens is 293 g/mol. The van der Waals surface area contributed by atoms with Crippen molar-refractivity contribution in [3.05, 3.63) is 35.4 Å². The molecular formula is C17H23F3O2. The first-order chi connectivity index (χ1) is 10.4. The first-order valence-electron chi connectivity index (χ1n) is 7.78. The maximum atomic E-state index is 11.9. The normalized spacial score (nSPS) is 11.6. The third-order valence-electron chi connectivity index (χ3n) is 3.65. The van der Waals surface area contributed by atoms with Crippen LogP contribution in [0.1, 0.15) is 67.3 Å². The predicted molar refractivity (Wildman–Crippen MR) is 80.1 cm³/mol. The van der Waals surface area contributed by atoms with Gasteiger partial charge in [-0.2, -0.15) is 13.2 Å². The second-order valence-electron chi connectivity index (χ2n) is 5.55. The number of aryl methyl sites for hydroxylation is 1. The number of carboxylic acids is 1. The van der Waals surface area contributed by atoms with E-state index in [2.05, 4.69) is 0 Å². The molecule has 0 atom stereocenters. The molecule has 1 aromatic rings. The van der Waals surface area contributed by atoms with Crippen LogP contribution in [0.15, 0.2) is 24.3 Å². The number of hydrogen-bond donors (Lipinski definition) is 1. The summed E-state index contributed by atoms with van der Waals surface area (Å²) in [6.07, 6.45) is 1.52. The molecule has 0 saturated heterocycles. The molecule has 0 aliphatic rings. The third kappa shape index (κ3) is 8.05. The zero-order valence-electron chi connectivity index (χ0n) is 12.7. The lowest BCUT2D eigenvalue weighted by Gasteiger charge is -2.07. The molecule has 0 spiro atoms. The lowest BCUT2D eigenvalue weighted by molar-refractivity contribution is -0.135. The van der Waals surface area contributed by atoms with Gasteiger partial charge < -0.3 is 5.11 Å². The first-order valence-corrected chi connectivity index (χ1v) is 7.78. The van der Waals surface area contributed by atoms with Gasteiger partial charge in [-0.25, -0.2) is 4.79 Å². The SMILES string of the molecule is O=C(O)c1ccccc1CCCCCCCCCC(F)(F)F. The van der Waals surface area contributed by atoms with E-state index in [1.165, 1.54) is 0 Å². The predicted octanol–water partition coefficient (Wildman–Crippen LogP) is 5.61. The molecule has 0 unspecified atom stereocenters. The standard InChI is InChI=1S/C17H23F3O2/c18-17(19,20)13-9-5-3-1-2-4-6-10-14-11-7-8-12-15(14)16(21)22/h7-8,11-12H,1-6,9-10,13H2,(H,21,22). The molecule has 2 nitrogen and oxygen atoms in total. The summed E-state index contributed by atoms with van der Waals surface area (Å²) in [6, 6.07) is 7.00. The Labute approximate surface area is 129 Å². The highest BCUT2D eigenvalue weighted by molar-refractivity contribution is 5.89. The number of halogens is 3. The topological polar surface area (TPSA) is 37.3 Å². The molecule has 0 amide bonds. The average Bonchev–Trinajstić information content (AvgIpc) is 2.44. The highest BCUT2D eigenvalue weighted by atomic mass is 19.4. The van der Waals surface area contributed by atoms with Crippen molar-refractivity contribution in [2.75, 3.05) is 0 Å². The number of hydrogen-bond acceptors (Lipinski definition) is 1. The van der Waals surface area contributed by atoms with E-state index in [0.29, 0.717) is 12.0 Å². The van der Waals surface area contributed by atoms with Crippen molar-refractivity contribution < 1.29 is 23.1 Å². The van der Waals surface area contributed by atoms with E-state index in [1.807, 2.05) is 12.1 Å². The second-order valence-corrected chi connectivity index (χ2v) is 5.55. The maximum Gasteiger partial charge on any atom is 0.389 e. The van der Waals surface area contributed by atoms with Crippen molar-refractivity contribution in [1.29, 1.82) is 0 Å². The van der Waals surface area contributed by atoms with Gasteiger partial charge in [0.25, 0.3) is 0 Å². The van der Waals surface area contributed by atoms with Gasteiger partial charge in [0.15, 0.2) is 0 Å². The third-order valence-corrected chi connectivity index (χ3v) is 3.65. The summed E-state index contributed by atoms with van der Waals surface area (Å²) < 4.78 is 35.8. The fraction of sp³-hybridized carbons (Fsp3) is 0.588. The molecule has 0 radical (unpaired) electrons. The van der Waals surface area contributed by atoms with Crippen molar-refractivity contribution in [2.45, 2.75) is 64.0 Å². The van der Waals surface area contributed by atoms with E-state index >= 15 is 0 Å². The number of carboxylic acid groups (broad SMARTS) is 1. The van der Waals surface area contributed by atoms with Crippen molar-refractivity contribution in [2.24, 2.45) is 0 Å².